The highest BCUT2D eigenvalue weighted by Gasteiger charge is 2.17. The molecule has 2 aromatic heterocycles. The molecule has 0 saturated heterocycles. The van der Waals surface area contributed by atoms with Crippen molar-refractivity contribution in [1.82, 2.24) is 13.5 Å². The predicted octanol–water partition coefficient (Wildman–Crippen LogP) is 6.09. The van der Waals surface area contributed by atoms with Gasteiger partial charge in [0, 0.05) is 42.4 Å². The van der Waals surface area contributed by atoms with Gasteiger partial charge in [-0.15, -0.1) is 0 Å². The van der Waals surface area contributed by atoms with E-state index >= 15 is 0 Å². The summed E-state index contributed by atoms with van der Waals surface area (Å²) >= 11 is 1.49. The standard InChI is InChI=1S/C28H41N5OS/c1-4-32-27(35-33(21(2)3)28(32)34)30-20-14-8-6-5-7-13-19-29-26-22-15-9-11-17-24(22)31-25-18-12-10-16-23(25)26/h9,11,15,17,21H,4-8,10,12-14,16,18-20H2,1-3H3,(H,29,31)/b30-27+. The van der Waals surface area contributed by atoms with Gasteiger partial charge in [-0.25, -0.2) is 8.75 Å². The van der Waals surface area contributed by atoms with Gasteiger partial charge in [0.15, 0.2) is 0 Å². The number of anilines is 1. The summed E-state index contributed by atoms with van der Waals surface area (Å²) < 4.78 is 3.61. The van der Waals surface area contributed by atoms with Crippen LogP contribution < -0.4 is 15.8 Å². The molecule has 0 saturated carbocycles. The van der Waals surface area contributed by atoms with Crippen LogP contribution in [0.15, 0.2) is 34.1 Å². The third-order valence-corrected chi connectivity index (χ3v) is 8.21. The summed E-state index contributed by atoms with van der Waals surface area (Å²) in [5.74, 6) is 0. The number of pyridine rings is 1. The number of fused-ring (bicyclic) bond motifs is 2. The van der Waals surface area contributed by atoms with Crippen LogP contribution in [-0.2, 0) is 19.4 Å². The molecule has 3 aromatic rings. The fourth-order valence-corrected chi connectivity index (χ4v) is 6.01. The summed E-state index contributed by atoms with van der Waals surface area (Å²) in [6, 6.07) is 8.75. The van der Waals surface area contributed by atoms with Gasteiger partial charge in [-0.3, -0.25) is 14.5 Å². The summed E-state index contributed by atoms with van der Waals surface area (Å²) in [4.78, 5) is 23.0. The van der Waals surface area contributed by atoms with Gasteiger partial charge in [-0.1, -0.05) is 43.9 Å². The van der Waals surface area contributed by atoms with Crippen molar-refractivity contribution in [3.05, 3.63) is 50.8 Å². The van der Waals surface area contributed by atoms with Crippen LogP contribution in [0.25, 0.3) is 10.9 Å². The Morgan fingerprint density at radius 1 is 1.06 bits per heavy atom. The minimum atomic E-state index is 0.0696. The molecule has 7 heteroatoms. The number of hydrogen-bond donors (Lipinski definition) is 1. The maximum Gasteiger partial charge on any atom is 0.340 e. The molecule has 0 bridgehead atoms. The first-order valence-electron chi connectivity index (χ1n) is 13.6. The summed E-state index contributed by atoms with van der Waals surface area (Å²) in [6.45, 7) is 8.62. The Hall–Kier alpha value is -2.41. The van der Waals surface area contributed by atoms with Crippen molar-refractivity contribution in [3.63, 3.8) is 0 Å². The zero-order chi connectivity index (χ0) is 24.6. The molecule has 0 radical (unpaired) electrons. The van der Waals surface area contributed by atoms with Crippen LogP contribution in [-0.4, -0.2) is 26.6 Å². The maximum atomic E-state index is 12.4. The zero-order valence-corrected chi connectivity index (χ0v) is 22.5. The third kappa shape index (κ3) is 6.24. The van der Waals surface area contributed by atoms with Crippen LogP contribution in [0.5, 0.6) is 0 Å². The van der Waals surface area contributed by atoms with Crippen LogP contribution in [0.2, 0.25) is 0 Å². The van der Waals surface area contributed by atoms with Gasteiger partial charge in [-0.2, -0.15) is 0 Å². The topological polar surface area (TPSA) is 64.2 Å². The minimum absolute atomic E-state index is 0.0696. The highest BCUT2D eigenvalue weighted by molar-refractivity contribution is 7.03. The van der Waals surface area contributed by atoms with Crippen LogP contribution in [0, 0.1) is 0 Å². The molecule has 1 aromatic carbocycles. The molecule has 4 rings (SSSR count). The summed E-state index contributed by atoms with van der Waals surface area (Å²) in [6.07, 6.45) is 12.1. The fraction of sp³-hybridized carbons (Fsp3) is 0.607. The van der Waals surface area contributed by atoms with Gasteiger partial charge in [0.05, 0.1) is 5.52 Å². The number of benzene rings is 1. The Morgan fingerprint density at radius 2 is 1.80 bits per heavy atom. The smallest absolute Gasteiger partial charge is 0.340 e. The highest BCUT2D eigenvalue weighted by Crippen LogP contribution is 2.33. The van der Waals surface area contributed by atoms with Crippen molar-refractivity contribution in [2.75, 3.05) is 18.4 Å². The number of aromatic nitrogens is 3. The van der Waals surface area contributed by atoms with E-state index in [4.69, 9.17) is 9.98 Å². The Balaban J connectivity index is 1.19. The normalized spacial score (nSPS) is 14.1. The van der Waals surface area contributed by atoms with E-state index in [1.807, 2.05) is 24.7 Å². The van der Waals surface area contributed by atoms with E-state index in [0.717, 1.165) is 42.7 Å². The van der Waals surface area contributed by atoms with Crippen molar-refractivity contribution in [2.24, 2.45) is 4.99 Å². The Morgan fingerprint density at radius 3 is 2.60 bits per heavy atom. The number of hydrogen-bond acceptors (Lipinski definition) is 5. The van der Waals surface area contributed by atoms with E-state index in [1.54, 1.807) is 4.57 Å². The lowest BCUT2D eigenvalue weighted by Gasteiger charge is -2.21. The van der Waals surface area contributed by atoms with Crippen LogP contribution >= 0.6 is 11.5 Å². The van der Waals surface area contributed by atoms with Gasteiger partial charge in [0.2, 0.25) is 4.80 Å². The monoisotopic (exact) mass is 495 g/mol. The van der Waals surface area contributed by atoms with Crippen LogP contribution in [0.3, 0.4) is 0 Å². The van der Waals surface area contributed by atoms with E-state index in [2.05, 4.69) is 29.6 Å². The van der Waals surface area contributed by atoms with Crippen LogP contribution in [0.4, 0.5) is 5.69 Å². The lowest BCUT2D eigenvalue weighted by Crippen LogP contribution is -2.29. The van der Waals surface area contributed by atoms with E-state index in [1.165, 1.54) is 78.8 Å². The molecule has 2 heterocycles. The van der Waals surface area contributed by atoms with E-state index < -0.39 is 0 Å². The molecule has 6 nitrogen and oxygen atoms in total. The molecule has 0 fully saturated rings. The molecule has 0 unspecified atom stereocenters. The third-order valence-electron chi connectivity index (χ3n) is 6.92. The second-order valence-electron chi connectivity index (χ2n) is 9.89. The molecular formula is C28H41N5OS. The first-order chi connectivity index (χ1) is 17.1. The summed E-state index contributed by atoms with van der Waals surface area (Å²) in [7, 11) is 0. The molecule has 0 aliphatic heterocycles. The van der Waals surface area contributed by atoms with Crippen molar-refractivity contribution in [2.45, 2.75) is 97.6 Å². The quantitative estimate of drug-likeness (QED) is 0.309. The zero-order valence-electron chi connectivity index (χ0n) is 21.7. The average Bonchev–Trinajstić information content (AvgIpc) is 3.19. The second-order valence-corrected chi connectivity index (χ2v) is 10.8. The molecule has 0 atom stereocenters. The minimum Gasteiger partial charge on any atom is -0.384 e. The summed E-state index contributed by atoms with van der Waals surface area (Å²) in [5.41, 5.74) is 5.29. The van der Waals surface area contributed by atoms with Crippen molar-refractivity contribution >= 4 is 28.1 Å². The molecular weight excluding hydrogens is 454 g/mol. The fourth-order valence-electron chi connectivity index (χ4n) is 4.99. The number of unbranched alkanes of at least 4 members (excludes halogenated alkanes) is 5. The van der Waals surface area contributed by atoms with E-state index in [-0.39, 0.29) is 11.7 Å². The van der Waals surface area contributed by atoms with Gasteiger partial charge in [0.1, 0.15) is 0 Å². The lowest BCUT2D eigenvalue weighted by molar-refractivity contribution is 0.575. The highest BCUT2D eigenvalue weighted by atomic mass is 32.1. The number of nitrogens with zero attached hydrogens (tertiary/aromatic N) is 4. The molecule has 35 heavy (non-hydrogen) atoms. The number of nitrogens with one attached hydrogen (secondary N) is 1. The molecule has 190 valence electrons. The average molecular weight is 496 g/mol. The number of para-hydroxylation sites is 1. The largest absolute Gasteiger partial charge is 0.384 e. The molecule has 0 spiro atoms. The predicted molar refractivity (Wildman–Crippen MR) is 148 cm³/mol. The Labute approximate surface area is 213 Å². The molecule has 1 N–H and O–H groups in total. The number of rotatable bonds is 12. The van der Waals surface area contributed by atoms with Crippen molar-refractivity contribution < 1.29 is 0 Å². The molecule has 1 aliphatic rings. The van der Waals surface area contributed by atoms with Crippen molar-refractivity contribution in [1.29, 1.82) is 0 Å². The first kappa shape index (κ1) is 25.7. The SMILES string of the molecule is CCn1c(=O)n(C(C)C)s/c1=N/CCCCCCCCNc1c2c(nc3ccccc13)CCCC2. The van der Waals surface area contributed by atoms with Gasteiger partial charge < -0.3 is 5.32 Å². The maximum absolute atomic E-state index is 12.4. The van der Waals surface area contributed by atoms with Crippen LogP contribution in [0.1, 0.15) is 89.4 Å². The lowest BCUT2D eigenvalue weighted by atomic mass is 9.92. The van der Waals surface area contributed by atoms with Crippen molar-refractivity contribution in [3.8, 4) is 0 Å². The van der Waals surface area contributed by atoms with E-state index in [9.17, 15) is 4.79 Å². The first-order valence-corrected chi connectivity index (χ1v) is 14.3. The molecule has 0 amide bonds. The summed E-state index contributed by atoms with van der Waals surface area (Å²) in [5, 5.41) is 5.06. The molecule has 1 aliphatic carbocycles. The van der Waals surface area contributed by atoms with Gasteiger partial charge in [0.25, 0.3) is 0 Å². The Kier molecular flexibility index (Phi) is 9.18. The van der Waals surface area contributed by atoms with Gasteiger partial charge >= 0.3 is 5.69 Å². The second kappa shape index (κ2) is 12.5. The number of aryl methyl sites for hydroxylation is 1. The Bertz CT molecular complexity index is 1240. The van der Waals surface area contributed by atoms with Gasteiger partial charge in [-0.05, 0) is 82.5 Å². The van der Waals surface area contributed by atoms with E-state index in [0.29, 0.717) is 6.54 Å².